The van der Waals surface area contributed by atoms with E-state index in [2.05, 4.69) is 22.0 Å². The van der Waals surface area contributed by atoms with Crippen molar-refractivity contribution in [3.63, 3.8) is 0 Å². The zero-order chi connectivity index (χ0) is 17.2. The third-order valence-electron chi connectivity index (χ3n) is 4.09. The molecule has 5 heteroatoms. The van der Waals surface area contributed by atoms with Crippen molar-refractivity contribution >= 4 is 17.6 Å². The molecule has 0 atom stereocenters. The number of carbonyl (C=O) groups is 2. The number of hydrogen-bond donors (Lipinski definition) is 3. The van der Waals surface area contributed by atoms with Crippen LogP contribution in [-0.2, 0) is 11.2 Å². The number of benzene rings is 1. The van der Waals surface area contributed by atoms with Crippen molar-refractivity contribution in [1.82, 2.24) is 10.6 Å². The second kappa shape index (κ2) is 9.75. The SMILES string of the molecule is CC(=O)Nc1ccc(CCNC(=O)NCCC2=CCCCC2)cc1. The van der Waals surface area contributed by atoms with Gasteiger partial charge in [0.15, 0.2) is 0 Å². The van der Waals surface area contributed by atoms with Gasteiger partial charge in [-0.2, -0.15) is 0 Å². The Hall–Kier alpha value is -2.30. The molecule has 0 spiro atoms. The van der Waals surface area contributed by atoms with Crippen LogP contribution < -0.4 is 16.0 Å². The third kappa shape index (κ3) is 6.86. The first-order valence-corrected chi connectivity index (χ1v) is 8.69. The molecule has 1 aromatic carbocycles. The molecule has 24 heavy (non-hydrogen) atoms. The van der Waals surface area contributed by atoms with Gasteiger partial charge in [0, 0.05) is 25.7 Å². The van der Waals surface area contributed by atoms with Crippen molar-refractivity contribution in [2.75, 3.05) is 18.4 Å². The Balaban J connectivity index is 1.60. The van der Waals surface area contributed by atoms with Gasteiger partial charge in [-0.05, 0) is 56.2 Å². The standard InChI is InChI=1S/C19H27N3O2/c1-15(23)22-18-9-7-17(8-10-18)12-14-21-19(24)20-13-11-16-5-3-2-4-6-16/h5,7-10H,2-4,6,11-14H2,1H3,(H,22,23)(H2,20,21,24). The fourth-order valence-corrected chi connectivity index (χ4v) is 2.81. The lowest BCUT2D eigenvalue weighted by atomic mass is 9.97. The maximum Gasteiger partial charge on any atom is 0.314 e. The van der Waals surface area contributed by atoms with Gasteiger partial charge < -0.3 is 16.0 Å². The Labute approximate surface area is 143 Å². The minimum Gasteiger partial charge on any atom is -0.338 e. The fourth-order valence-electron chi connectivity index (χ4n) is 2.81. The van der Waals surface area contributed by atoms with Crippen molar-refractivity contribution in [2.24, 2.45) is 0 Å². The monoisotopic (exact) mass is 329 g/mol. The van der Waals surface area contributed by atoms with Crippen LogP contribution in [0.15, 0.2) is 35.9 Å². The molecule has 0 fully saturated rings. The molecule has 0 bridgehead atoms. The number of hydrogen-bond acceptors (Lipinski definition) is 2. The maximum absolute atomic E-state index is 11.8. The van der Waals surface area contributed by atoms with Gasteiger partial charge in [-0.3, -0.25) is 4.79 Å². The molecule has 0 radical (unpaired) electrons. The van der Waals surface area contributed by atoms with Gasteiger partial charge in [-0.25, -0.2) is 4.79 Å². The quantitative estimate of drug-likeness (QED) is 0.671. The Bertz CT molecular complexity index is 579. The normalized spacial score (nSPS) is 13.8. The van der Waals surface area contributed by atoms with Gasteiger partial charge in [0.1, 0.15) is 0 Å². The second-order valence-electron chi connectivity index (χ2n) is 6.17. The van der Waals surface area contributed by atoms with E-state index in [9.17, 15) is 9.59 Å². The molecule has 0 saturated carbocycles. The van der Waals surface area contributed by atoms with Crippen LogP contribution in [0.3, 0.4) is 0 Å². The zero-order valence-electron chi connectivity index (χ0n) is 14.4. The highest BCUT2D eigenvalue weighted by molar-refractivity contribution is 5.88. The number of anilines is 1. The van der Waals surface area contributed by atoms with Crippen LogP contribution in [-0.4, -0.2) is 25.0 Å². The van der Waals surface area contributed by atoms with E-state index in [1.807, 2.05) is 24.3 Å². The highest BCUT2D eigenvalue weighted by atomic mass is 16.2. The van der Waals surface area contributed by atoms with E-state index in [0.29, 0.717) is 13.1 Å². The van der Waals surface area contributed by atoms with Crippen LogP contribution in [0, 0.1) is 0 Å². The summed E-state index contributed by atoms with van der Waals surface area (Å²) in [6, 6.07) is 7.55. The molecule has 0 aromatic heterocycles. The van der Waals surface area contributed by atoms with E-state index >= 15 is 0 Å². The molecule has 3 amide bonds. The van der Waals surface area contributed by atoms with Crippen LogP contribution in [0.2, 0.25) is 0 Å². The highest BCUT2D eigenvalue weighted by Gasteiger charge is 2.05. The first kappa shape index (κ1) is 18.0. The predicted molar refractivity (Wildman–Crippen MR) is 97.0 cm³/mol. The molecular weight excluding hydrogens is 302 g/mol. The third-order valence-corrected chi connectivity index (χ3v) is 4.09. The first-order chi connectivity index (χ1) is 11.6. The van der Waals surface area contributed by atoms with Crippen molar-refractivity contribution < 1.29 is 9.59 Å². The molecule has 0 heterocycles. The lowest BCUT2D eigenvalue weighted by Gasteiger charge is -2.13. The average Bonchev–Trinajstić information content (AvgIpc) is 2.57. The summed E-state index contributed by atoms with van der Waals surface area (Å²) in [5.41, 5.74) is 3.38. The topological polar surface area (TPSA) is 70.2 Å². The van der Waals surface area contributed by atoms with Gasteiger partial charge in [-0.15, -0.1) is 0 Å². The molecule has 1 aromatic rings. The average molecular weight is 329 g/mol. The summed E-state index contributed by atoms with van der Waals surface area (Å²) < 4.78 is 0. The van der Waals surface area contributed by atoms with E-state index in [1.165, 1.54) is 38.2 Å². The molecule has 130 valence electrons. The Morgan fingerprint density at radius 3 is 2.33 bits per heavy atom. The summed E-state index contributed by atoms with van der Waals surface area (Å²) in [5.74, 6) is -0.0786. The minimum atomic E-state index is -0.110. The smallest absolute Gasteiger partial charge is 0.314 e. The molecule has 1 aliphatic rings. The number of amides is 3. The van der Waals surface area contributed by atoms with Gasteiger partial charge in [0.2, 0.25) is 5.91 Å². The largest absolute Gasteiger partial charge is 0.338 e. The first-order valence-electron chi connectivity index (χ1n) is 8.69. The minimum absolute atomic E-state index is 0.0786. The van der Waals surface area contributed by atoms with Gasteiger partial charge >= 0.3 is 6.03 Å². The van der Waals surface area contributed by atoms with Crippen LogP contribution in [0.4, 0.5) is 10.5 Å². The summed E-state index contributed by atoms with van der Waals surface area (Å²) in [6.07, 6.45) is 8.96. The summed E-state index contributed by atoms with van der Waals surface area (Å²) in [6.45, 7) is 2.78. The van der Waals surface area contributed by atoms with Crippen molar-refractivity contribution in [3.8, 4) is 0 Å². The van der Waals surface area contributed by atoms with Gasteiger partial charge in [0.05, 0.1) is 0 Å². The number of rotatable bonds is 7. The van der Waals surface area contributed by atoms with E-state index in [4.69, 9.17) is 0 Å². The second-order valence-corrected chi connectivity index (χ2v) is 6.17. The molecule has 5 nitrogen and oxygen atoms in total. The van der Waals surface area contributed by atoms with Crippen LogP contribution >= 0.6 is 0 Å². The molecule has 0 unspecified atom stereocenters. The van der Waals surface area contributed by atoms with E-state index in [1.54, 1.807) is 0 Å². The van der Waals surface area contributed by atoms with Crippen molar-refractivity contribution in [2.45, 2.75) is 45.4 Å². The van der Waals surface area contributed by atoms with E-state index in [0.717, 1.165) is 24.1 Å². The van der Waals surface area contributed by atoms with Gasteiger partial charge in [0.25, 0.3) is 0 Å². The summed E-state index contributed by atoms with van der Waals surface area (Å²) in [7, 11) is 0. The van der Waals surface area contributed by atoms with E-state index in [-0.39, 0.29) is 11.9 Å². The lowest BCUT2D eigenvalue weighted by Crippen LogP contribution is -2.37. The number of allylic oxidation sites excluding steroid dienone is 1. The highest BCUT2D eigenvalue weighted by Crippen LogP contribution is 2.19. The fraction of sp³-hybridized carbons (Fsp3) is 0.474. The molecule has 3 N–H and O–H groups in total. The molecule has 0 saturated heterocycles. The Kier molecular flexibility index (Phi) is 7.33. The summed E-state index contributed by atoms with van der Waals surface area (Å²) in [4.78, 5) is 22.7. The van der Waals surface area contributed by atoms with E-state index < -0.39 is 0 Å². The van der Waals surface area contributed by atoms with Crippen LogP contribution in [0.1, 0.15) is 44.6 Å². The van der Waals surface area contributed by atoms with Crippen molar-refractivity contribution in [3.05, 3.63) is 41.5 Å². The number of urea groups is 1. The maximum atomic E-state index is 11.8. The predicted octanol–water partition coefficient (Wildman–Crippen LogP) is 3.38. The molecule has 1 aliphatic carbocycles. The Morgan fingerprint density at radius 1 is 1.00 bits per heavy atom. The number of carbonyl (C=O) groups excluding carboxylic acids is 2. The summed E-state index contributed by atoms with van der Waals surface area (Å²) in [5, 5.41) is 8.52. The lowest BCUT2D eigenvalue weighted by molar-refractivity contribution is -0.114. The molecular formula is C19H27N3O2. The Morgan fingerprint density at radius 2 is 1.71 bits per heavy atom. The number of nitrogens with one attached hydrogen (secondary N) is 3. The van der Waals surface area contributed by atoms with Crippen molar-refractivity contribution in [1.29, 1.82) is 0 Å². The van der Waals surface area contributed by atoms with Crippen LogP contribution in [0.5, 0.6) is 0 Å². The van der Waals surface area contributed by atoms with Crippen LogP contribution in [0.25, 0.3) is 0 Å². The van der Waals surface area contributed by atoms with Gasteiger partial charge in [-0.1, -0.05) is 23.8 Å². The molecule has 2 rings (SSSR count). The zero-order valence-corrected chi connectivity index (χ0v) is 14.4. The summed E-state index contributed by atoms with van der Waals surface area (Å²) >= 11 is 0. The molecule has 0 aliphatic heterocycles.